The minimum Gasteiger partial charge on any atom is -0.348 e. The molecule has 2 aromatic carbocycles. The molecule has 1 N–H and O–H groups in total. The predicted molar refractivity (Wildman–Crippen MR) is 104 cm³/mol. The van der Waals surface area contributed by atoms with Crippen molar-refractivity contribution in [2.75, 3.05) is 5.32 Å². The van der Waals surface area contributed by atoms with Gasteiger partial charge in [0, 0.05) is 5.56 Å². The summed E-state index contributed by atoms with van der Waals surface area (Å²) in [5, 5.41) is 7.26. The number of halogens is 1. The highest BCUT2D eigenvalue weighted by molar-refractivity contribution is 6.05. The van der Waals surface area contributed by atoms with Crippen LogP contribution in [-0.2, 0) is 0 Å². The molecule has 5 nitrogen and oxygen atoms in total. The topological polar surface area (TPSA) is 64.0 Å². The summed E-state index contributed by atoms with van der Waals surface area (Å²) in [7, 11) is 0. The van der Waals surface area contributed by atoms with Crippen molar-refractivity contribution in [2.45, 2.75) is 26.8 Å². The van der Waals surface area contributed by atoms with Crippen LogP contribution in [0.1, 0.15) is 37.2 Å². The summed E-state index contributed by atoms with van der Waals surface area (Å²) in [5.74, 6) is -0.839. The average molecular weight is 365 g/mol. The van der Waals surface area contributed by atoms with Gasteiger partial charge in [0.25, 0.3) is 5.56 Å². The van der Waals surface area contributed by atoms with Gasteiger partial charge in [-0.15, -0.1) is 0 Å². The molecule has 138 valence electrons. The number of para-hydroxylation sites is 1. The largest absolute Gasteiger partial charge is 0.348 e. The number of aromatic nitrogens is 2. The Bertz CT molecular complexity index is 1040. The third kappa shape index (κ3) is 3.65. The first-order valence-electron chi connectivity index (χ1n) is 8.65. The molecule has 0 bridgehead atoms. The van der Waals surface area contributed by atoms with Crippen LogP contribution in [-0.4, -0.2) is 15.6 Å². The number of Topliss-reactive ketones (excluding diaryl/α,β-unsaturated/α-hetero) is 1. The number of hydrogen-bond donors (Lipinski definition) is 1. The molecule has 0 saturated carbocycles. The maximum Gasteiger partial charge on any atom is 0.291 e. The van der Waals surface area contributed by atoms with Gasteiger partial charge in [-0.05, 0) is 32.9 Å². The van der Waals surface area contributed by atoms with Crippen LogP contribution >= 0.6 is 0 Å². The van der Waals surface area contributed by atoms with E-state index in [4.69, 9.17) is 0 Å². The number of carbonyl (C=O) groups excluding carboxylic acids is 1. The summed E-state index contributed by atoms with van der Waals surface area (Å²) < 4.78 is 15.5. The molecule has 1 heterocycles. The zero-order valence-electron chi connectivity index (χ0n) is 15.4. The maximum atomic E-state index is 14.2. The molecule has 0 aliphatic rings. The second-order valence-corrected chi connectivity index (χ2v) is 6.47. The Morgan fingerprint density at radius 1 is 1.07 bits per heavy atom. The lowest BCUT2D eigenvalue weighted by atomic mass is 10.0. The zero-order chi connectivity index (χ0) is 19.6. The second-order valence-electron chi connectivity index (χ2n) is 6.47. The van der Waals surface area contributed by atoms with Crippen molar-refractivity contribution in [3.05, 3.63) is 76.3 Å². The molecule has 27 heavy (non-hydrogen) atoms. The van der Waals surface area contributed by atoms with Crippen LogP contribution < -0.4 is 10.9 Å². The van der Waals surface area contributed by atoms with Gasteiger partial charge in [0.1, 0.15) is 17.2 Å². The van der Waals surface area contributed by atoms with E-state index < -0.39 is 11.4 Å². The average Bonchev–Trinajstić information content (AvgIpc) is 2.65. The molecule has 6 heteroatoms. The quantitative estimate of drug-likeness (QED) is 0.673. The van der Waals surface area contributed by atoms with Crippen LogP contribution in [0, 0.1) is 5.82 Å². The molecule has 0 fully saturated rings. The Kier molecular flexibility index (Phi) is 5.16. The molecule has 3 aromatic rings. The fraction of sp³-hybridized carbons (Fsp3) is 0.190. The number of rotatable bonds is 5. The second kappa shape index (κ2) is 7.53. The molecule has 0 radical (unpaired) electrons. The normalized spacial score (nSPS) is 10.9. The van der Waals surface area contributed by atoms with Crippen molar-refractivity contribution in [1.82, 2.24) is 9.78 Å². The highest BCUT2D eigenvalue weighted by Crippen LogP contribution is 2.28. The number of benzene rings is 2. The van der Waals surface area contributed by atoms with Gasteiger partial charge in [0.05, 0.1) is 17.3 Å². The molecule has 0 unspecified atom stereocenters. The summed E-state index contributed by atoms with van der Waals surface area (Å²) in [4.78, 5) is 25.4. The first kappa shape index (κ1) is 18.5. The van der Waals surface area contributed by atoms with Crippen molar-refractivity contribution in [3.8, 4) is 11.3 Å². The molecule has 3 rings (SSSR count). The minimum atomic E-state index is -0.513. The Labute approximate surface area is 156 Å². The molecule has 0 spiro atoms. The monoisotopic (exact) mass is 365 g/mol. The molecular weight excluding hydrogens is 345 g/mol. The Morgan fingerprint density at radius 2 is 1.70 bits per heavy atom. The van der Waals surface area contributed by atoms with Gasteiger partial charge in [0.2, 0.25) is 0 Å². The number of hydrogen-bond acceptors (Lipinski definition) is 4. The first-order chi connectivity index (χ1) is 12.9. The van der Waals surface area contributed by atoms with E-state index in [1.807, 2.05) is 44.2 Å². The third-order valence-electron chi connectivity index (χ3n) is 4.14. The number of nitrogens with one attached hydrogen (secondary N) is 1. The van der Waals surface area contributed by atoms with E-state index >= 15 is 0 Å². The highest BCUT2D eigenvalue weighted by atomic mass is 19.1. The standard InChI is InChI=1S/C21H20FN3O2/c1-13(2)25-21(27)20(23-17-12-8-7-11-16(17)22)18(14(3)26)19(24-25)15-9-5-4-6-10-15/h4-13,23H,1-3H3. The van der Waals surface area contributed by atoms with Gasteiger partial charge in [-0.2, -0.15) is 5.10 Å². The molecule has 1 aromatic heterocycles. The summed E-state index contributed by atoms with van der Waals surface area (Å²) in [6, 6.07) is 14.9. The predicted octanol–water partition coefficient (Wildman–Crippen LogP) is 4.58. The van der Waals surface area contributed by atoms with E-state index in [1.54, 1.807) is 12.1 Å². The smallest absolute Gasteiger partial charge is 0.291 e. The van der Waals surface area contributed by atoms with E-state index in [0.29, 0.717) is 11.3 Å². The lowest BCUT2D eigenvalue weighted by Crippen LogP contribution is -2.30. The minimum absolute atomic E-state index is 0.0233. The van der Waals surface area contributed by atoms with E-state index in [9.17, 15) is 14.0 Å². The fourth-order valence-electron chi connectivity index (χ4n) is 2.85. The van der Waals surface area contributed by atoms with Crippen LogP contribution in [0.4, 0.5) is 15.8 Å². The summed E-state index contributed by atoms with van der Waals surface area (Å²) in [5.41, 5.74) is 0.904. The van der Waals surface area contributed by atoms with Gasteiger partial charge in [0.15, 0.2) is 5.78 Å². The molecular formula is C21H20FN3O2. The summed E-state index contributed by atoms with van der Waals surface area (Å²) in [6.45, 7) is 5.02. The van der Waals surface area contributed by atoms with E-state index in [0.717, 1.165) is 0 Å². The van der Waals surface area contributed by atoms with Crippen molar-refractivity contribution in [3.63, 3.8) is 0 Å². The van der Waals surface area contributed by atoms with Gasteiger partial charge in [-0.1, -0.05) is 42.5 Å². The van der Waals surface area contributed by atoms with Crippen LogP contribution in [0.25, 0.3) is 11.3 Å². The van der Waals surface area contributed by atoms with Crippen LogP contribution in [0.5, 0.6) is 0 Å². The van der Waals surface area contributed by atoms with Crippen molar-refractivity contribution < 1.29 is 9.18 Å². The first-order valence-corrected chi connectivity index (χ1v) is 8.65. The lowest BCUT2D eigenvalue weighted by Gasteiger charge is -2.18. The summed E-state index contributed by atoms with van der Waals surface area (Å²) in [6.07, 6.45) is 0. The van der Waals surface area contributed by atoms with Crippen molar-refractivity contribution in [2.24, 2.45) is 0 Å². The van der Waals surface area contributed by atoms with E-state index in [-0.39, 0.29) is 28.8 Å². The third-order valence-corrected chi connectivity index (χ3v) is 4.14. The molecule has 0 atom stereocenters. The Balaban J connectivity index is 2.33. The van der Waals surface area contributed by atoms with Crippen molar-refractivity contribution in [1.29, 1.82) is 0 Å². The highest BCUT2D eigenvalue weighted by Gasteiger charge is 2.23. The van der Waals surface area contributed by atoms with Gasteiger partial charge < -0.3 is 5.32 Å². The fourth-order valence-corrected chi connectivity index (χ4v) is 2.85. The van der Waals surface area contributed by atoms with E-state index in [1.165, 1.54) is 23.7 Å². The maximum absolute atomic E-state index is 14.2. The lowest BCUT2D eigenvalue weighted by molar-refractivity contribution is 0.101. The van der Waals surface area contributed by atoms with Crippen LogP contribution in [0.15, 0.2) is 59.4 Å². The summed E-state index contributed by atoms with van der Waals surface area (Å²) >= 11 is 0. The van der Waals surface area contributed by atoms with Gasteiger partial charge in [-0.25, -0.2) is 9.07 Å². The number of carbonyl (C=O) groups is 1. The van der Waals surface area contributed by atoms with E-state index in [2.05, 4.69) is 10.4 Å². The number of anilines is 2. The van der Waals surface area contributed by atoms with Crippen LogP contribution in [0.3, 0.4) is 0 Å². The Morgan fingerprint density at radius 3 is 2.30 bits per heavy atom. The number of ketones is 1. The van der Waals surface area contributed by atoms with Gasteiger partial charge in [-0.3, -0.25) is 9.59 Å². The molecule has 0 amide bonds. The molecule has 0 saturated heterocycles. The Hall–Kier alpha value is -3.28. The number of nitrogens with zero attached hydrogens (tertiary/aromatic N) is 2. The molecule has 0 aliphatic carbocycles. The molecule has 0 aliphatic heterocycles. The van der Waals surface area contributed by atoms with Crippen LogP contribution in [0.2, 0.25) is 0 Å². The van der Waals surface area contributed by atoms with Crippen molar-refractivity contribution >= 4 is 17.2 Å². The zero-order valence-corrected chi connectivity index (χ0v) is 15.4. The van der Waals surface area contributed by atoms with Gasteiger partial charge >= 0.3 is 0 Å². The SMILES string of the molecule is CC(=O)c1c(-c2ccccc2)nn(C(C)C)c(=O)c1Nc1ccccc1F.